The summed E-state index contributed by atoms with van der Waals surface area (Å²) in [5.41, 5.74) is -0.111. The summed E-state index contributed by atoms with van der Waals surface area (Å²) in [6.07, 6.45) is 1.01. The van der Waals surface area contributed by atoms with Gasteiger partial charge in [0.1, 0.15) is 21.5 Å². The number of carbonyl (C=O) groups is 1. The van der Waals surface area contributed by atoms with Crippen molar-refractivity contribution in [1.29, 1.82) is 0 Å². The fourth-order valence-corrected chi connectivity index (χ4v) is 3.73. The molecule has 2 N–H and O–H groups in total. The van der Waals surface area contributed by atoms with Gasteiger partial charge in [-0.05, 0) is 30.9 Å². The first-order valence-electron chi connectivity index (χ1n) is 6.56. The maximum absolute atomic E-state index is 13.3. The molecule has 0 bridgehead atoms. The number of anilines is 1. The van der Waals surface area contributed by atoms with Crippen LogP contribution in [0.5, 0.6) is 0 Å². The van der Waals surface area contributed by atoms with E-state index in [1.54, 1.807) is 0 Å². The van der Waals surface area contributed by atoms with E-state index in [2.05, 4.69) is 10.6 Å². The van der Waals surface area contributed by atoms with E-state index in [1.807, 2.05) is 0 Å². The number of nitrogens with one attached hydrogen (secondary N) is 2. The number of hydrogen-bond donors (Lipinski definition) is 2. The van der Waals surface area contributed by atoms with Gasteiger partial charge in [-0.1, -0.05) is 0 Å². The second-order valence-electron chi connectivity index (χ2n) is 5.05. The molecule has 0 aromatic heterocycles. The van der Waals surface area contributed by atoms with E-state index >= 15 is 0 Å². The molecular weight excluding hydrogens is 302 g/mol. The Hall–Kier alpha value is -1.70. The summed E-state index contributed by atoms with van der Waals surface area (Å²) >= 11 is 0. The highest BCUT2D eigenvalue weighted by Gasteiger charge is 2.23. The van der Waals surface area contributed by atoms with Crippen LogP contribution in [0.2, 0.25) is 0 Å². The van der Waals surface area contributed by atoms with Gasteiger partial charge in [0, 0.05) is 12.6 Å². The zero-order valence-corrected chi connectivity index (χ0v) is 12.1. The molecule has 116 valence electrons. The summed E-state index contributed by atoms with van der Waals surface area (Å²) in [7, 11) is -2.93. The van der Waals surface area contributed by atoms with Crippen molar-refractivity contribution in [2.24, 2.45) is 5.92 Å². The number of hydrogen-bond acceptors (Lipinski definition) is 3. The molecule has 0 spiro atoms. The molecule has 2 amide bonds. The second kappa shape index (κ2) is 6.38. The molecule has 5 nitrogen and oxygen atoms in total. The van der Waals surface area contributed by atoms with Crippen LogP contribution in [0.15, 0.2) is 18.2 Å². The van der Waals surface area contributed by atoms with E-state index in [1.165, 1.54) is 0 Å². The standard InChI is InChI=1S/C13H16F2N2O3S/c14-10-1-2-12(11(15)7-10)17-13(18)16-8-9-3-5-21(19,20)6-4-9/h1-2,7,9H,3-6,8H2,(H2,16,17,18). The van der Waals surface area contributed by atoms with Crippen molar-refractivity contribution in [3.05, 3.63) is 29.8 Å². The van der Waals surface area contributed by atoms with Gasteiger partial charge in [-0.25, -0.2) is 22.0 Å². The Labute approximate surface area is 121 Å². The Morgan fingerprint density at radius 3 is 2.52 bits per heavy atom. The van der Waals surface area contributed by atoms with Gasteiger partial charge in [0.25, 0.3) is 0 Å². The topological polar surface area (TPSA) is 75.3 Å². The van der Waals surface area contributed by atoms with Crippen LogP contribution in [-0.2, 0) is 9.84 Å². The summed E-state index contributed by atoms with van der Waals surface area (Å²) in [4.78, 5) is 11.6. The predicted octanol–water partition coefficient (Wildman–Crippen LogP) is 1.91. The van der Waals surface area contributed by atoms with Crippen LogP contribution in [0.4, 0.5) is 19.3 Å². The molecule has 1 saturated heterocycles. The average Bonchev–Trinajstić information content (AvgIpc) is 2.41. The lowest BCUT2D eigenvalue weighted by atomic mass is 10.0. The Bertz CT molecular complexity index is 620. The number of sulfone groups is 1. The number of benzene rings is 1. The molecule has 2 rings (SSSR count). The van der Waals surface area contributed by atoms with Crippen LogP contribution < -0.4 is 10.6 Å². The molecule has 0 unspecified atom stereocenters. The maximum Gasteiger partial charge on any atom is 0.319 e. The fraction of sp³-hybridized carbons (Fsp3) is 0.462. The number of carbonyl (C=O) groups excluding carboxylic acids is 1. The van der Waals surface area contributed by atoms with Gasteiger partial charge in [0.15, 0.2) is 0 Å². The van der Waals surface area contributed by atoms with E-state index in [0.29, 0.717) is 25.5 Å². The van der Waals surface area contributed by atoms with Crippen LogP contribution >= 0.6 is 0 Å². The summed E-state index contributed by atoms with van der Waals surface area (Å²) < 4.78 is 48.6. The van der Waals surface area contributed by atoms with Crippen molar-refractivity contribution in [3.63, 3.8) is 0 Å². The second-order valence-corrected chi connectivity index (χ2v) is 7.36. The molecule has 1 fully saturated rings. The van der Waals surface area contributed by atoms with E-state index in [9.17, 15) is 22.0 Å². The summed E-state index contributed by atoms with van der Waals surface area (Å²) in [6, 6.07) is 2.26. The smallest absolute Gasteiger partial charge is 0.319 e. The quantitative estimate of drug-likeness (QED) is 0.894. The van der Waals surface area contributed by atoms with Crippen molar-refractivity contribution >= 4 is 21.6 Å². The molecule has 1 aromatic rings. The summed E-state index contributed by atoms with van der Waals surface area (Å²) in [6.45, 7) is 0.324. The maximum atomic E-state index is 13.3. The normalized spacial score (nSPS) is 18.2. The number of rotatable bonds is 3. The van der Waals surface area contributed by atoms with Crippen LogP contribution in [0.1, 0.15) is 12.8 Å². The van der Waals surface area contributed by atoms with Crippen molar-refractivity contribution in [2.45, 2.75) is 12.8 Å². The highest BCUT2D eigenvalue weighted by molar-refractivity contribution is 7.91. The molecule has 0 saturated carbocycles. The zero-order chi connectivity index (χ0) is 15.5. The van der Waals surface area contributed by atoms with Crippen LogP contribution in [0.3, 0.4) is 0 Å². The lowest BCUT2D eigenvalue weighted by molar-refractivity contribution is 0.249. The highest BCUT2D eigenvalue weighted by atomic mass is 32.2. The minimum atomic E-state index is -2.93. The highest BCUT2D eigenvalue weighted by Crippen LogP contribution is 2.18. The van der Waals surface area contributed by atoms with Crippen LogP contribution in [-0.4, -0.2) is 32.5 Å². The van der Waals surface area contributed by atoms with Crippen molar-refractivity contribution in [3.8, 4) is 0 Å². The third-order valence-corrected chi connectivity index (χ3v) is 5.12. The summed E-state index contributed by atoms with van der Waals surface area (Å²) in [5, 5.41) is 4.85. The first kappa shape index (κ1) is 15.7. The molecule has 21 heavy (non-hydrogen) atoms. The lowest BCUT2D eigenvalue weighted by Gasteiger charge is -2.22. The molecule has 0 atom stereocenters. The van der Waals surface area contributed by atoms with Crippen molar-refractivity contribution < 1.29 is 22.0 Å². The van der Waals surface area contributed by atoms with Gasteiger partial charge >= 0.3 is 6.03 Å². The Kier molecular flexibility index (Phi) is 4.76. The van der Waals surface area contributed by atoms with Crippen molar-refractivity contribution in [2.75, 3.05) is 23.4 Å². The summed E-state index contributed by atoms with van der Waals surface area (Å²) in [5.74, 6) is -1.21. The SMILES string of the molecule is O=C(NCC1CCS(=O)(=O)CC1)Nc1ccc(F)cc1F. The lowest BCUT2D eigenvalue weighted by Crippen LogP contribution is -2.36. The third-order valence-electron chi connectivity index (χ3n) is 3.40. The predicted molar refractivity (Wildman–Crippen MR) is 74.8 cm³/mol. The van der Waals surface area contributed by atoms with Gasteiger partial charge < -0.3 is 10.6 Å². The van der Waals surface area contributed by atoms with Gasteiger partial charge in [0.05, 0.1) is 17.2 Å². The third kappa shape index (κ3) is 4.66. The Balaban J connectivity index is 1.80. The van der Waals surface area contributed by atoms with E-state index in [-0.39, 0.29) is 23.1 Å². The Morgan fingerprint density at radius 2 is 1.90 bits per heavy atom. The van der Waals surface area contributed by atoms with E-state index in [0.717, 1.165) is 12.1 Å². The first-order valence-corrected chi connectivity index (χ1v) is 8.38. The van der Waals surface area contributed by atoms with Gasteiger partial charge in [-0.15, -0.1) is 0 Å². The minimum absolute atomic E-state index is 0.0948. The number of amides is 2. The minimum Gasteiger partial charge on any atom is -0.338 e. The van der Waals surface area contributed by atoms with Crippen LogP contribution in [0.25, 0.3) is 0 Å². The zero-order valence-electron chi connectivity index (χ0n) is 11.2. The monoisotopic (exact) mass is 318 g/mol. The van der Waals surface area contributed by atoms with Crippen molar-refractivity contribution in [1.82, 2.24) is 5.32 Å². The molecule has 0 aliphatic carbocycles. The average molecular weight is 318 g/mol. The van der Waals surface area contributed by atoms with E-state index < -0.39 is 27.5 Å². The van der Waals surface area contributed by atoms with Gasteiger partial charge in [0.2, 0.25) is 0 Å². The first-order chi connectivity index (χ1) is 9.85. The molecule has 1 aliphatic heterocycles. The number of halogens is 2. The van der Waals surface area contributed by atoms with E-state index in [4.69, 9.17) is 0 Å². The molecule has 1 aliphatic rings. The van der Waals surface area contributed by atoms with Gasteiger partial charge in [-0.2, -0.15) is 0 Å². The fourth-order valence-electron chi connectivity index (χ4n) is 2.14. The van der Waals surface area contributed by atoms with Crippen LogP contribution in [0, 0.1) is 17.6 Å². The Morgan fingerprint density at radius 1 is 1.24 bits per heavy atom. The molecule has 1 aromatic carbocycles. The molecule has 1 heterocycles. The largest absolute Gasteiger partial charge is 0.338 e. The molecule has 8 heteroatoms. The molecule has 0 radical (unpaired) electrons. The number of urea groups is 1. The van der Waals surface area contributed by atoms with Gasteiger partial charge in [-0.3, -0.25) is 0 Å². The molecular formula is C13H16F2N2O3S.